The lowest BCUT2D eigenvalue weighted by molar-refractivity contribution is 0.146. The molecule has 0 unspecified atom stereocenters. The number of ether oxygens (including phenoxy) is 1. The zero-order chi connectivity index (χ0) is 24.4. The Bertz CT molecular complexity index is 879. The Morgan fingerprint density at radius 1 is 0.912 bits per heavy atom. The monoisotopic (exact) mass is 466 g/mol. The molecule has 0 amide bonds. The van der Waals surface area contributed by atoms with Crippen LogP contribution in [0.4, 0.5) is 4.79 Å². The lowest BCUT2D eigenvalue weighted by Crippen LogP contribution is -2.15. The van der Waals surface area contributed by atoms with Crippen LogP contribution in [0.15, 0.2) is 54.8 Å². The van der Waals surface area contributed by atoms with Gasteiger partial charge in [0.2, 0.25) is 0 Å². The average molecular weight is 467 g/mol. The third-order valence-corrected chi connectivity index (χ3v) is 6.14. The van der Waals surface area contributed by atoms with E-state index in [1.165, 1.54) is 50.5 Å². The number of para-hydroxylation sites is 1. The maximum atomic E-state index is 12.7. The van der Waals surface area contributed by atoms with Crippen molar-refractivity contribution in [1.82, 2.24) is 9.47 Å². The standard InChI is InChI=1S/C30H46N2O2/c1-4-5-6-7-8-9-10-11-12-13-14-15-16-17-20-25-34-30(33)32-26-27(23-24-31(2)3)28-21-18-19-22-29(28)32/h8-9,11-12,18-19,21-22,26H,4-7,10,13-17,20,23-25H2,1-3H3/b9-8-,12-11-. The van der Waals surface area contributed by atoms with Crippen LogP contribution < -0.4 is 0 Å². The highest BCUT2D eigenvalue weighted by atomic mass is 16.5. The molecule has 0 fully saturated rings. The van der Waals surface area contributed by atoms with Crippen molar-refractivity contribution >= 4 is 17.0 Å². The second-order valence-corrected chi connectivity index (χ2v) is 9.44. The van der Waals surface area contributed by atoms with Crippen molar-refractivity contribution in [2.45, 2.75) is 84.0 Å². The van der Waals surface area contributed by atoms with Crippen LogP contribution in [0, 0.1) is 0 Å². The number of hydrogen-bond acceptors (Lipinski definition) is 3. The van der Waals surface area contributed by atoms with E-state index in [9.17, 15) is 4.79 Å². The van der Waals surface area contributed by atoms with Crippen LogP contribution >= 0.6 is 0 Å². The van der Waals surface area contributed by atoms with Gasteiger partial charge in [0.1, 0.15) is 0 Å². The fourth-order valence-electron chi connectivity index (χ4n) is 4.09. The molecule has 0 aliphatic heterocycles. The van der Waals surface area contributed by atoms with Gasteiger partial charge in [-0.25, -0.2) is 4.79 Å². The van der Waals surface area contributed by atoms with Crippen LogP contribution in [-0.4, -0.2) is 42.8 Å². The summed E-state index contributed by atoms with van der Waals surface area (Å²) in [6.45, 7) is 3.69. The molecule has 0 saturated heterocycles. The predicted molar refractivity (Wildman–Crippen MR) is 146 cm³/mol. The van der Waals surface area contributed by atoms with Crippen LogP contribution in [0.1, 0.15) is 83.1 Å². The SMILES string of the molecule is CCCCC/C=C\C/C=C\CCCCCCCOC(=O)n1cc(CCN(C)C)c2ccccc21. The number of unbranched alkanes of at least 4 members (excludes halogenated alkanes) is 8. The van der Waals surface area contributed by atoms with Crippen LogP contribution in [-0.2, 0) is 11.2 Å². The Kier molecular flexibility index (Phi) is 14.1. The summed E-state index contributed by atoms with van der Waals surface area (Å²) in [6, 6.07) is 8.08. The normalized spacial score (nSPS) is 12.0. The molecule has 0 aliphatic carbocycles. The first-order valence-corrected chi connectivity index (χ1v) is 13.3. The second-order valence-electron chi connectivity index (χ2n) is 9.44. The zero-order valence-corrected chi connectivity index (χ0v) is 21.8. The minimum Gasteiger partial charge on any atom is -0.449 e. The largest absolute Gasteiger partial charge is 0.449 e. The van der Waals surface area contributed by atoms with Gasteiger partial charge in [-0.2, -0.15) is 0 Å². The highest BCUT2D eigenvalue weighted by Crippen LogP contribution is 2.22. The molecular formula is C30H46N2O2. The summed E-state index contributed by atoms with van der Waals surface area (Å²) in [4.78, 5) is 14.8. The summed E-state index contributed by atoms with van der Waals surface area (Å²) in [5.41, 5.74) is 2.12. The van der Waals surface area contributed by atoms with Gasteiger partial charge in [-0.15, -0.1) is 0 Å². The summed E-state index contributed by atoms with van der Waals surface area (Å²) in [5.74, 6) is 0. The number of rotatable bonds is 17. The molecule has 188 valence electrons. The number of allylic oxidation sites excluding steroid dienone is 4. The fraction of sp³-hybridized carbons (Fsp3) is 0.567. The molecule has 0 saturated carbocycles. The quantitative estimate of drug-likeness (QED) is 0.174. The Morgan fingerprint density at radius 2 is 1.59 bits per heavy atom. The van der Waals surface area contributed by atoms with Crippen molar-refractivity contribution in [2.24, 2.45) is 0 Å². The number of benzene rings is 1. The van der Waals surface area contributed by atoms with E-state index in [4.69, 9.17) is 4.74 Å². The van der Waals surface area contributed by atoms with Gasteiger partial charge in [-0.05, 0) is 70.7 Å². The number of carbonyl (C=O) groups excluding carboxylic acids is 1. The molecule has 4 nitrogen and oxygen atoms in total. The van der Waals surface area contributed by atoms with E-state index in [-0.39, 0.29) is 6.09 Å². The molecule has 34 heavy (non-hydrogen) atoms. The second kappa shape index (κ2) is 17.2. The summed E-state index contributed by atoms with van der Waals surface area (Å²) in [7, 11) is 4.14. The third kappa shape index (κ3) is 10.7. The topological polar surface area (TPSA) is 34.5 Å². The summed E-state index contributed by atoms with van der Waals surface area (Å²) in [5, 5.41) is 1.14. The van der Waals surface area contributed by atoms with Crippen LogP contribution in [0.3, 0.4) is 0 Å². The highest BCUT2D eigenvalue weighted by molar-refractivity contribution is 5.91. The highest BCUT2D eigenvalue weighted by Gasteiger charge is 2.14. The Balaban J connectivity index is 1.57. The third-order valence-electron chi connectivity index (χ3n) is 6.14. The molecule has 0 atom stereocenters. The Hall–Kier alpha value is -2.33. The van der Waals surface area contributed by atoms with Gasteiger partial charge in [-0.1, -0.05) is 81.5 Å². The average Bonchev–Trinajstić information content (AvgIpc) is 3.21. The van der Waals surface area contributed by atoms with Crippen molar-refractivity contribution in [3.8, 4) is 0 Å². The lowest BCUT2D eigenvalue weighted by atomic mass is 10.1. The van der Waals surface area contributed by atoms with E-state index in [1.807, 2.05) is 24.4 Å². The van der Waals surface area contributed by atoms with Gasteiger partial charge in [0, 0.05) is 18.1 Å². The summed E-state index contributed by atoms with van der Waals surface area (Å²) < 4.78 is 7.26. The molecule has 0 bridgehead atoms. The van der Waals surface area contributed by atoms with Gasteiger partial charge in [0.05, 0.1) is 12.1 Å². The van der Waals surface area contributed by atoms with Crippen LogP contribution in [0.25, 0.3) is 10.9 Å². The van der Waals surface area contributed by atoms with E-state index in [2.05, 4.69) is 56.3 Å². The van der Waals surface area contributed by atoms with E-state index in [0.717, 1.165) is 49.6 Å². The predicted octanol–water partition coefficient (Wildman–Crippen LogP) is 8.15. The molecule has 0 N–H and O–H groups in total. The smallest absolute Gasteiger partial charge is 0.418 e. The van der Waals surface area contributed by atoms with Gasteiger partial charge >= 0.3 is 6.09 Å². The first-order chi connectivity index (χ1) is 16.6. The Morgan fingerprint density at radius 3 is 2.32 bits per heavy atom. The van der Waals surface area contributed by atoms with Gasteiger partial charge < -0.3 is 9.64 Å². The zero-order valence-electron chi connectivity index (χ0n) is 21.8. The fourth-order valence-corrected chi connectivity index (χ4v) is 4.09. The molecule has 0 aliphatic rings. The van der Waals surface area contributed by atoms with E-state index in [1.54, 1.807) is 4.57 Å². The molecule has 1 aromatic heterocycles. The molecule has 2 rings (SSSR count). The van der Waals surface area contributed by atoms with E-state index in [0.29, 0.717) is 6.61 Å². The number of nitrogens with zero attached hydrogens (tertiary/aromatic N) is 2. The molecule has 0 spiro atoms. The summed E-state index contributed by atoms with van der Waals surface area (Å²) in [6.07, 6.45) is 24.9. The molecule has 1 heterocycles. The molecule has 0 radical (unpaired) electrons. The lowest BCUT2D eigenvalue weighted by Gasteiger charge is -2.08. The molecular weight excluding hydrogens is 420 g/mol. The van der Waals surface area contributed by atoms with Gasteiger partial charge in [0.15, 0.2) is 0 Å². The van der Waals surface area contributed by atoms with E-state index < -0.39 is 0 Å². The number of likely N-dealkylation sites (N-methyl/N-ethyl adjacent to an activating group) is 1. The van der Waals surface area contributed by atoms with Gasteiger partial charge in [-0.3, -0.25) is 4.57 Å². The minimum atomic E-state index is -0.267. The number of hydrogen-bond donors (Lipinski definition) is 0. The van der Waals surface area contributed by atoms with Crippen molar-refractivity contribution in [3.63, 3.8) is 0 Å². The first kappa shape index (κ1) is 27.9. The number of fused-ring (bicyclic) bond motifs is 1. The maximum absolute atomic E-state index is 12.7. The van der Waals surface area contributed by atoms with Crippen LogP contribution in [0.5, 0.6) is 0 Å². The Labute approximate surface area is 207 Å². The van der Waals surface area contributed by atoms with Gasteiger partial charge in [0.25, 0.3) is 0 Å². The maximum Gasteiger partial charge on any atom is 0.418 e. The van der Waals surface area contributed by atoms with Crippen LogP contribution in [0.2, 0.25) is 0 Å². The molecule has 2 aromatic rings. The van der Waals surface area contributed by atoms with Crippen molar-refractivity contribution in [3.05, 3.63) is 60.3 Å². The number of carbonyl (C=O) groups is 1. The van der Waals surface area contributed by atoms with E-state index >= 15 is 0 Å². The first-order valence-electron chi connectivity index (χ1n) is 13.3. The number of aromatic nitrogens is 1. The van der Waals surface area contributed by atoms with Crippen molar-refractivity contribution < 1.29 is 9.53 Å². The van der Waals surface area contributed by atoms with Crippen molar-refractivity contribution in [2.75, 3.05) is 27.2 Å². The molecule has 1 aromatic carbocycles. The molecule has 4 heteroatoms. The van der Waals surface area contributed by atoms with Crippen molar-refractivity contribution in [1.29, 1.82) is 0 Å². The summed E-state index contributed by atoms with van der Waals surface area (Å²) >= 11 is 0. The minimum absolute atomic E-state index is 0.267.